The van der Waals surface area contributed by atoms with Crippen molar-refractivity contribution in [2.75, 3.05) is 11.9 Å². The SMILES string of the molecule is C[C@H]1[C@H]2C[C@@H](CC1(C)C)N(C(=S)Nc1ccc3nc4c5ccccc5c5ccccc5c4nc3c1)C2. The van der Waals surface area contributed by atoms with Gasteiger partial charge in [0.2, 0.25) is 0 Å². The Labute approximate surface area is 216 Å². The average Bonchev–Trinajstić information content (AvgIpc) is 3.26. The van der Waals surface area contributed by atoms with Gasteiger partial charge in [0, 0.05) is 29.0 Å². The summed E-state index contributed by atoms with van der Waals surface area (Å²) in [4.78, 5) is 12.7. The molecule has 2 fully saturated rings. The van der Waals surface area contributed by atoms with E-state index in [-0.39, 0.29) is 0 Å². The molecule has 4 nitrogen and oxygen atoms in total. The van der Waals surface area contributed by atoms with Crippen LogP contribution in [0.3, 0.4) is 0 Å². The molecular weight excluding hydrogens is 460 g/mol. The van der Waals surface area contributed by atoms with Gasteiger partial charge >= 0.3 is 0 Å². The molecule has 0 spiro atoms. The van der Waals surface area contributed by atoms with E-state index in [1.54, 1.807) is 0 Å². The van der Waals surface area contributed by atoms with Crippen molar-refractivity contribution < 1.29 is 0 Å². The number of likely N-dealkylation sites (tertiary alicyclic amines) is 1. The smallest absolute Gasteiger partial charge is 0.173 e. The third-order valence-corrected chi connectivity index (χ3v) is 9.32. The summed E-state index contributed by atoms with van der Waals surface area (Å²) in [6.45, 7) is 8.30. The van der Waals surface area contributed by atoms with E-state index in [0.29, 0.717) is 11.5 Å². The third kappa shape index (κ3) is 3.29. The van der Waals surface area contributed by atoms with Crippen molar-refractivity contribution in [2.24, 2.45) is 17.3 Å². The number of fused-ring (bicyclic) bond motifs is 9. The number of nitrogens with zero attached hydrogens (tertiary/aromatic N) is 3. The number of anilines is 1. The monoisotopic (exact) mass is 490 g/mol. The molecule has 5 heteroatoms. The molecule has 2 heterocycles. The van der Waals surface area contributed by atoms with Crippen LogP contribution >= 0.6 is 12.2 Å². The summed E-state index contributed by atoms with van der Waals surface area (Å²) < 4.78 is 0. The van der Waals surface area contributed by atoms with Crippen LogP contribution in [0.15, 0.2) is 66.7 Å². The minimum Gasteiger partial charge on any atom is -0.346 e. The second kappa shape index (κ2) is 7.84. The number of aromatic nitrogens is 2. The Morgan fingerprint density at radius 1 is 0.889 bits per heavy atom. The fraction of sp³-hybridized carbons (Fsp3) is 0.323. The number of thiocarbonyl (C=S) groups is 1. The summed E-state index contributed by atoms with van der Waals surface area (Å²) in [7, 11) is 0. The molecular formula is C31H30N4S. The summed E-state index contributed by atoms with van der Waals surface area (Å²) in [5, 5.41) is 9.06. The van der Waals surface area contributed by atoms with Gasteiger partial charge in [0.25, 0.3) is 0 Å². The van der Waals surface area contributed by atoms with E-state index >= 15 is 0 Å². The van der Waals surface area contributed by atoms with Gasteiger partial charge in [-0.05, 0) is 71.3 Å². The molecule has 7 rings (SSSR count). The molecule has 1 aliphatic carbocycles. The molecule has 180 valence electrons. The van der Waals surface area contributed by atoms with Crippen molar-refractivity contribution in [1.82, 2.24) is 14.9 Å². The lowest BCUT2D eigenvalue weighted by molar-refractivity contribution is 0.107. The maximum Gasteiger partial charge on any atom is 0.173 e. The molecule has 36 heavy (non-hydrogen) atoms. The van der Waals surface area contributed by atoms with Crippen LogP contribution in [-0.4, -0.2) is 32.6 Å². The number of nitrogens with one attached hydrogen (secondary N) is 1. The molecule has 2 aliphatic rings. The van der Waals surface area contributed by atoms with Crippen LogP contribution in [0.2, 0.25) is 0 Å². The highest BCUT2D eigenvalue weighted by Crippen LogP contribution is 2.49. The van der Waals surface area contributed by atoms with Gasteiger partial charge in [0.05, 0.1) is 22.1 Å². The van der Waals surface area contributed by atoms with Gasteiger partial charge in [-0.3, -0.25) is 0 Å². The Morgan fingerprint density at radius 2 is 1.50 bits per heavy atom. The quantitative estimate of drug-likeness (QED) is 0.149. The van der Waals surface area contributed by atoms with Crippen molar-refractivity contribution in [3.8, 4) is 0 Å². The molecule has 2 bridgehead atoms. The minimum absolute atomic E-state index is 0.366. The molecule has 1 saturated carbocycles. The Morgan fingerprint density at radius 3 is 2.17 bits per heavy atom. The van der Waals surface area contributed by atoms with Crippen LogP contribution in [0.1, 0.15) is 33.6 Å². The van der Waals surface area contributed by atoms with E-state index in [9.17, 15) is 0 Å². The molecule has 1 N–H and O–H groups in total. The average molecular weight is 491 g/mol. The van der Waals surface area contributed by atoms with Crippen LogP contribution in [0.4, 0.5) is 5.69 Å². The van der Waals surface area contributed by atoms with Crippen LogP contribution in [0.25, 0.3) is 43.6 Å². The van der Waals surface area contributed by atoms with Crippen molar-refractivity contribution in [1.29, 1.82) is 0 Å². The molecule has 3 atom stereocenters. The lowest BCUT2D eigenvalue weighted by atomic mass is 9.65. The molecule has 0 unspecified atom stereocenters. The largest absolute Gasteiger partial charge is 0.346 e. The second-order valence-electron chi connectivity index (χ2n) is 11.4. The predicted octanol–water partition coefficient (Wildman–Crippen LogP) is 7.54. The standard InChI is InChI=1S/C31H30N4S/c1-18-19-14-21(16-31(18,2)3)35(17-19)30(36)32-20-12-13-26-27(15-20)34-29-25-11-7-5-9-23(25)22-8-4-6-10-24(22)28(29)33-26/h4-13,15,18-19,21H,14,16-17H2,1-3H3,(H,32,36)/t18-,19-,21-/m0/s1. The van der Waals surface area contributed by atoms with Crippen molar-refractivity contribution in [2.45, 2.75) is 39.7 Å². The first-order chi connectivity index (χ1) is 17.4. The number of rotatable bonds is 1. The zero-order valence-electron chi connectivity index (χ0n) is 21.0. The van der Waals surface area contributed by atoms with Gasteiger partial charge in [-0.1, -0.05) is 69.3 Å². The van der Waals surface area contributed by atoms with Gasteiger partial charge < -0.3 is 10.2 Å². The first-order valence-electron chi connectivity index (χ1n) is 13.0. The van der Waals surface area contributed by atoms with Crippen molar-refractivity contribution in [3.63, 3.8) is 0 Å². The number of hydrogen-bond donors (Lipinski definition) is 1. The maximum absolute atomic E-state index is 5.93. The van der Waals surface area contributed by atoms with Gasteiger partial charge in [0.1, 0.15) is 0 Å². The van der Waals surface area contributed by atoms with Crippen LogP contribution in [0.5, 0.6) is 0 Å². The van der Waals surface area contributed by atoms with E-state index in [1.165, 1.54) is 23.6 Å². The predicted molar refractivity (Wildman–Crippen MR) is 154 cm³/mol. The highest BCUT2D eigenvalue weighted by Gasteiger charge is 2.48. The van der Waals surface area contributed by atoms with Crippen LogP contribution in [-0.2, 0) is 0 Å². The van der Waals surface area contributed by atoms with E-state index in [2.05, 4.69) is 97.7 Å². The van der Waals surface area contributed by atoms with Gasteiger partial charge in [-0.25, -0.2) is 9.97 Å². The Kier molecular flexibility index (Phi) is 4.78. The Bertz CT molecular complexity index is 1690. The molecule has 1 aliphatic heterocycles. The first kappa shape index (κ1) is 21.9. The van der Waals surface area contributed by atoms with Crippen molar-refractivity contribution in [3.05, 3.63) is 66.7 Å². The zero-order chi connectivity index (χ0) is 24.6. The lowest BCUT2D eigenvalue weighted by Gasteiger charge is -2.41. The molecule has 1 saturated heterocycles. The fourth-order valence-corrected chi connectivity index (χ4v) is 7.08. The highest BCUT2D eigenvalue weighted by molar-refractivity contribution is 7.80. The molecule has 0 amide bonds. The number of benzene rings is 4. The third-order valence-electron chi connectivity index (χ3n) is 8.98. The lowest BCUT2D eigenvalue weighted by Crippen LogP contribution is -2.41. The Balaban J connectivity index is 1.28. The first-order valence-corrected chi connectivity index (χ1v) is 13.4. The van der Waals surface area contributed by atoms with Gasteiger partial charge in [-0.2, -0.15) is 0 Å². The summed E-state index contributed by atoms with van der Waals surface area (Å²) >= 11 is 5.93. The van der Waals surface area contributed by atoms with Crippen LogP contribution < -0.4 is 5.32 Å². The second-order valence-corrected chi connectivity index (χ2v) is 11.8. The van der Waals surface area contributed by atoms with Gasteiger partial charge in [-0.15, -0.1) is 0 Å². The van der Waals surface area contributed by atoms with Gasteiger partial charge in [0.15, 0.2) is 5.11 Å². The molecule has 1 aromatic heterocycles. The minimum atomic E-state index is 0.366. The van der Waals surface area contributed by atoms with E-state index < -0.39 is 0 Å². The van der Waals surface area contributed by atoms with E-state index in [1.807, 2.05) is 0 Å². The molecule has 0 radical (unpaired) electrons. The van der Waals surface area contributed by atoms with Crippen molar-refractivity contribution >= 4 is 66.6 Å². The number of hydrogen-bond acceptors (Lipinski definition) is 3. The Hall–Kier alpha value is -3.31. The highest BCUT2D eigenvalue weighted by atomic mass is 32.1. The fourth-order valence-electron chi connectivity index (χ4n) is 6.74. The zero-order valence-corrected chi connectivity index (χ0v) is 21.8. The van der Waals surface area contributed by atoms with E-state index in [4.69, 9.17) is 22.2 Å². The normalized spacial score (nSPS) is 23.1. The summed E-state index contributed by atoms with van der Waals surface area (Å²) in [5.41, 5.74) is 5.01. The molecule has 5 aromatic rings. The summed E-state index contributed by atoms with van der Waals surface area (Å²) in [6.07, 6.45) is 2.45. The topological polar surface area (TPSA) is 41.0 Å². The molecule has 4 aromatic carbocycles. The summed E-state index contributed by atoms with van der Waals surface area (Å²) in [6, 6.07) is 23.7. The maximum atomic E-state index is 5.93. The summed E-state index contributed by atoms with van der Waals surface area (Å²) in [5.74, 6) is 1.44. The van der Waals surface area contributed by atoms with E-state index in [0.717, 1.165) is 62.0 Å². The van der Waals surface area contributed by atoms with Crippen LogP contribution in [0, 0.1) is 17.3 Å².